The van der Waals surface area contributed by atoms with Crippen LogP contribution in [0.2, 0.25) is 0 Å². The van der Waals surface area contributed by atoms with Crippen molar-refractivity contribution in [2.75, 3.05) is 11.9 Å². The quantitative estimate of drug-likeness (QED) is 0.849. The fraction of sp³-hybridized carbons (Fsp3) is 0.500. The summed E-state index contributed by atoms with van der Waals surface area (Å²) in [5, 5.41) is 12.9. The number of anilines is 1. The van der Waals surface area contributed by atoms with E-state index in [4.69, 9.17) is 0 Å². The minimum absolute atomic E-state index is 0.405. The Bertz CT molecular complexity index is 635. The standard InChI is InChI=1S/C16H21N5O/c1-16(2,22)9-19-15-18-8-12(13-5-6-17-10-20-13)14(21-15)7-11-3-4-11/h5-6,8,10-11,22H,3-4,7,9H2,1-2H3,(H,18,19,21). The first-order valence-electron chi connectivity index (χ1n) is 7.60. The van der Waals surface area contributed by atoms with Crippen molar-refractivity contribution < 1.29 is 5.11 Å². The second kappa shape index (κ2) is 5.96. The molecule has 2 aromatic rings. The lowest BCUT2D eigenvalue weighted by atomic mass is 10.1. The molecule has 0 bridgehead atoms. The van der Waals surface area contributed by atoms with E-state index in [0.29, 0.717) is 12.5 Å². The number of hydrogen-bond donors (Lipinski definition) is 2. The zero-order chi connectivity index (χ0) is 15.6. The maximum atomic E-state index is 9.80. The number of nitrogens with one attached hydrogen (secondary N) is 1. The Balaban J connectivity index is 1.86. The Labute approximate surface area is 130 Å². The van der Waals surface area contributed by atoms with Crippen LogP contribution in [-0.2, 0) is 6.42 Å². The predicted octanol–water partition coefficient (Wildman–Crippen LogP) is 2.07. The second-order valence-electron chi connectivity index (χ2n) is 6.46. The van der Waals surface area contributed by atoms with E-state index in [1.54, 1.807) is 26.2 Å². The summed E-state index contributed by atoms with van der Waals surface area (Å²) in [6.07, 6.45) is 8.54. The van der Waals surface area contributed by atoms with Gasteiger partial charge in [-0.2, -0.15) is 0 Å². The van der Waals surface area contributed by atoms with Gasteiger partial charge in [-0.15, -0.1) is 0 Å². The third kappa shape index (κ3) is 3.98. The van der Waals surface area contributed by atoms with Crippen molar-refractivity contribution in [3.05, 3.63) is 30.5 Å². The summed E-state index contributed by atoms with van der Waals surface area (Å²) in [6.45, 7) is 3.91. The molecular formula is C16H21N5O. The van der Waals surface area contributed by atoms with Crippen LogP contribution < -0.4 is 5.32 Å². The molecule has 0 atom stereocenters. The lowest BCUT2D eigenvalue weighted by molar-refractivity contribution is 0.0943. The molecule has 6 nitrogen and oxygen atoms in total. The third-order valence-electron chi connectivity index (χ3n) is 3.58. The molecule has 116 valence electrons. The number of aromatic nitrogens is 4. The van der Waals surface area contributed by atoms with E-state index in [2.05, 4.69) is 25.3 Å². The third-order valence-corrected chi connectivity index (χ3v) is 3.58. The van der Waals surface area contributed by atoms with E-state index in [9.17, 15) is 5.11 Å². The highest BCUT2D eigenvalue weighted by Crippen LogP contribution is 2.34. The van der Waals surface area contributed by atoms with Crippen molar-refractivity contribution in [1.29, 1.82) is 0 Å². The predicted molar refractivity (Wildman–Crippen MR) is 84.3 cm³/mol. The molecule has 22 heavy (non-hydrogen) atoms. The van der Waals surface area contributed by atoms with Crippen molar-refractivity contribution >= 4 is 5.95 Å². The molecule has 0 aliphatic heterocycles. The maximum absolute atomic E-state index is 9.80. The lowest BCUT2D eigenvalue weighted by Gasteiger charge is -2.18. The average Bonchev–Trinajstić information content (AvgIpc) is 3.29. The topological polar surface area (TPSA) is 83.8 Å². The number of nitrogens with zero attached hydrogens (tertiary/aromatic N) is 4. The molecule has 0 radical (unpaired) electrons. The maximum Gasteiger partial charge on any atom is 0.222 e. The number of hydrogen-bond acceptors (Lipinski definition) is 6. The van der Waals surface area contributed by atoms with Crippen LogP contribution in [0.25, 0.3) is 11.3 Å². The van der Waals surface area contributed by atoms with Crippen LogP contribution in [0.3, 0.4) is 0 Å². The van der Waals surface area contributed by atoms with Gasteiger partial charge in [-0.25, -0.2) is 19.9 Å². The lowest BCUT2D eigenvalue weighted by Crippen LogP contribution is -2.30. The first-order valence-corrected chi connectivity index (χ1v) is 7.60. The van der Waals surface area contributed by atoms with Gasteiger partial charge in [0.15, 0.2) is 0 Å². The van der Waals surface area contributed by atoms with Crippen molar-refractivity contribution in [1.82, 2.24) is 19.9 Å². The summed E-state index contributed by atoms with van der Waals surface area (Å²) in [5.74, 6) is 1.27. The van der Waals surface area contributed by atoms with Gasteiger partial charge in [0.05, 0.1) is 17.0 Å². The van der Waals surface area contributed by atoms with Gasteiger partial charge in [0.25, 0.3) is 0 Å². The number of aliphatic hydroxyl groups is 1. The van der Waals surface area contributed by atoms with Gasteiger partial charge in [-0.1, -0.05) is 0 Å². The van der Waals surface area contributed by atoms with Crippen LogP contribution in [0.5, 0.6) is 0 Å². The fourth-order valence-corrected chi connectivity index (χ4v) is 2.21. The normalized spacial score (nSPS) is 14.9. The molecule has 2 heterocycles. The molecule has 0 unspecified atom stereocenters. The monoisotopic (exact) mass is 299 g/mol. The molecule has 2 N–H and O–H groups in total. The minimum atomic E-state index is -0.800. The SMILES string of the molecule is CC(C)(O)CNc1ncc(-c2ccncn2)c(CC2CC2)n1. The summed E-state index contributed by atoms with van der Waals surface area (Å²) in [7, 11) is 0. The van der Waals surface area contributed by atoms with Gasteiger partial charge in [0, 0.05) is 24.5 Å². The van der Waals surface area contributed by atoms with Crippen molar-refractivity contribution in [2.45, 2.75) is 38.7 Å². The van der Waals surface area contributed by atoms with Crippen LogP contribution in [-0.4, -0.2) is 37.2 Å². The summed E-state index contributed by atoms with van der Waals surface area (Å²) in [6, 6.07) is 1.87. The highest BCUT2D eigenvalue weighted by atomic mass is 16.3. The van der Waals surface area contributed by atoms with Crippen LogP contribution in [0, 0.1) is 5.92 Å². The molecule has 3 rings (SSSR count). The van der Waals surface area contributed by atoms with Gasteiger partial charge in [0.2, 0.25) is 5.95 Å². The summed E-state index contributed by atoms with van der Waals surface area (Å²) in [5.41, 5.74) is 2.02. The smallest absolute Gasteiger partial charge is 0.222 e. The van der Waals surface area contributed by atoms with Crippen LogP contribution in [0.4, 0.5) is 5.95 Å². The fourth-order valence-electron chi connectivity index (χ4n) is 2.21. The first kappa shape index (κ1) is 14.8. The van der Waals surface area contributed by atoms with Crippen LogP contribution in [0.1, 0.15) is 32.4 Å². The molecule has 1 aliphatic carbocycles. The summed E-state index contributed by atoms with van der Waals surface area (Å²) >= 11 is 0. The van der Waals surface area contributed by atoms with Gasteiger partial charge in [-0.05, 0) is 45.1 Å². The van der Waals surface area contributed by atoms with Crippen LogP contribution in [0.15, 0.2) is 24.8 Å². The Morgan fingerprint density at radius 1 is 1.32 bits per heavy atom. The zero-order valence-corrected chi connectivity index (χ0v) is 13.0. The van der Waals surface area contributed by atoms with E-state index in [1.165, 1.54) is 19.2 Å². The zero-order valence-electron chi connectivity index (χ0n) is 13.0. The molecule has 6 heteroatoms. The molecule has 0 spiro atoms. The van der Waals surface area contributed by atoms with E-state index >= 15 is 0 Å². The first-order chi connectivity index (χ1) is 10.5. The number of rotatable bonds is 6. The largest absolute Gasteiger partial charge is 0.389 e. The van der Waals surface area contributed by atoms with Crippen molar-refractivity contribution in [3.8, 4) is 11.3 Å². The summed E-state index contributed by atoms with van der Waals surface area (Å²) in [4.78, 5) is 17.2. The Morgan fingerprint density at radius 3 is 2.77 bits per heavy atom. The molecule has 2 aromatic heterocycles. The summed E-state index contributed by atoms with van der Waals surface area (Å²) < 4.78 is 0. The Kier molecular flexibility index (Phi) is 4.02. The van der Waals surface area contributed by atoms with Crippen molar-refractivity contribution in [2.24, 2.45) is 5.92 Å². The molecule has 0 saturated heterocycles. The van der Waals surface area contributed by atoms with E-state index < -0.39 is 5.60 Å². The molecule has 1 aliphatic rings. The molecule has 1 saturated carbocycles. The Morgan fingerprint density at radius 2 is 2.14 bits per heavy atom. The van der Waals surface area contributed by atoms with E-state index in [0.717, 1.165) is 29.3 Å². The minimum Gasteiger partial charge on any atom is -0.389 e. The molecule has 0 amide bonds. The average molecular weight is 299 g/mol. The van der Waals surface area contributed by atoms with Crippen LogP contribution >= 0.6 is 0 Å². The van der Waals surface area contributed by atoms with Gasteiger partial charge < -0.3 is 10.4 Å². The molecule has 1 fully saturated rings. The van der Waals surface area contributed by atoms with Gasteiger partial charge in [0.1, 0.15) is 6.33 Å². The van der Waals surface area contributed by atoms with Gasteiger partial charge >= 0.3 is 0 Å². The Hall–Kier alpha value is -2.08. The molecular weight excluding hydrogens is 278 g/mol. The van der Waals surface area contributed by atoms with Crippen molar-refractivity contribution in [3.63, 3.8) is 0 Å². The van der Waals surface area contributed by atoms with E-state index in [1.807, 2.05) is 6.07 Å². The highest BCUT2D eigenvalue weighted by Gasteiger charge is 2.24. The van der Waals surface area contributed by atoms with E-state index in [-0.39, 0.29) is 0 Å². The second-order valence-corrected chi connectivity index (χ2v) is 6.46. The highest BCUT2D eigenvalue weighted by molar-refractivity contribution is 5.61. The van der Waals surface area contributed by atoms with Gasteiger partial charge in [-0.3, -0.25) is 0 Å². The molecule has 0 aromatic carbocycles.